The Kier molecular flexibility index (Phi) is 3.79. The predicted molar refractivity (Wildman–Crippen MR) is 67.7 cm³/mol. The molecule has 0 saturated heterocycles. The zero-order valence-corrected chi connectivity index (χ0v) is 10.6. The number of nitrogens with zero attached hydrogens (tertiary/aromatic N) is 1. The summed E-state index contributed by atoms with van der Waals surface area (Å²) >= 11 is 0. The molecule has 0 bridgehead atoms. The van der Waals surface area contributed by atoms with Gasteiger partial charge in [-0.25, -0.2) is 0 Å². The van der Waals surface area contributed by atoms with Crippen LogP contribution in [0.5, 0.6) is 0 Å². The topological polar surface area (TPSA) is 85.4 Å². The summed E-state index contributed by atoms with van der Waals surface area (Å²) in [6.07, 6.45) is 0. The number of furan rings is 1. The molecule has 0 spiro atoms. The molecule has 0 aliphatic heterocycles. The van der Waals surface area contributed by atoms with E-state index in [4.69, 9.17) is 4.42 Å². The van der Waals surface area contributed by atoms with E-state index in [1.54, 1.807) is 19.1 Å². The zero-order chi connectivity index (χ0) is 14.7. The first kappa shape index (κ1) is 13.7. The van der Waals surface area contributed by atoms with Crippen LogP contribution >= 0.6 is 0 Å². The first-order chi connectivity index (χ1) is 9.47. The van der Waals surface area contributed by atoms with Gasteiger partial charge in [0.05, 0.1) is 11.5 Å². The van der Waals surface area contributed by atoms with E-state index in [1.807, 2.05) is 0 Å². The number of nitro benzene ring substituents is 1. The Morgan fingerprint density at radius 1 is 1.40 bits per heavy atom. The van der Waals surface area contributed by atoms with Crippen LogP contribution in [0.4, 0.5) is 10.1 Å². The number of amides is 1. The van der Waals surface area contributed by atoms with Crippen molar-refractivity contribution >= 4 is 11.6 Å². The zero-order valence-electron chi connectivity index (χ0n) is 10.6. The third kappa shape index (κ3) is 3.00. The van der Waals surface area contributed by atoms with Crippen molar-refractivity contribution in [2.75, 3.05) is 0 Å². The van der Waals surface area contributed by atoms with Crippen LogP contribution in [0.2, 0.25) is 0 Å². The summed E-state index contributed by atoms with van der Waals surface area (Å²) in [6, 6.07) is 6.44. The van der Waals surface area contributed by atoms with Crippen molar-refractivity contribution in [3.63, 3.8) is 0 Å². The normalized spacial score (nSPS) is 10.3. The van der Waals surface area contributed by atoms with Gasteiger partial charge < -0.3 is 9.73 Å². The summed E-state index contributed by atoms with van der Waals surface area (Å²) in [5.41, 5.74) is -0.715. The second-order valence-corrected chi connectivity index (χ2v) is 4.12. The quantitative estimate of drug-likeness (QED) is 0.688. The van der Waals surface area contributed by atoms with E-state index in [1.165, 1.54) is 6.07 Å². The number of halogens is 1. The molecule has 0 unspecified atom stereocenters. The fraction of sp³-hybridized carbons (Fsp3) is 0.154. The van der Waals surface area contributed by atoms with Crippen molar-refractivity contribution in [2.24, 2.45) is 0 Å². The third-order valence-corrected chi connectivity index (χ3v) is 2.62. The molecule has 1 heterocycles. The predicted octanol–water partition coefficient (Wildman–Crippen LogP) is 2.57. The highest BCUT2D eigenvalue weighted by atomic mass is 19.1. The first-order valence-electron chi connectivity index (χ1n) is 5.75. The highest BCUT2D eigenvalue weighted by molar-refractivity contribution is 5.94. The molecule has 104 valence electrons. The highest BCUT2D eigenvalue weighted by Crippen LogP contribution is 2.18. The van der Waals surface area contributed by atoms with Gasteiger partial charge in [0.1, 0.15) is 11.5 Å². The van der Waals surface area contributed by atoms with Crippen molar-refractivity contribution in [1.82, 2.24) is 5.32 Å². The number of nitro groups is 1. The van der Waals surface area contributed by atoms with Gasteiger partial charge in [0.15, 0.2) is 0 Å². The monoisotopic (exact) mass is 278 g/mol. The number of carbonyl (C=O) groups excluding carboxylic acids is 1. The molecule has 1 amide bonds. The van der Waals surface area contributed by atoms with Crippen LogP contribution in [0.3, 0.4) is 0 Å². The van der Waals surface area contributed by atoms with Crippen molar-refractivity contribution in [3.8, 4) is 0 Å². The lowest BCUT2D eigenvalue weighted by molar-refractivity contribution is -0.387. The Morgan fingerprint density at radius 2 is 2.15 bits per heavy atom. The fourth-order valence-corrected chi connectivity index (χ4v) is 1.64. The summed E-state index contributed by atoms with van der Waals surface area (Å²) in [5.74, 6) is -0.241. The number of nitrogens with one attached hydrogen (secondary N) is 1. The summed E-state index contributed by atoms with van der Waals surface area (Å²) in [5, 5.41) is 13.1. The molecule has 2 rings (SSSR count). The lowest BCUT2D eigenvalue weighted by Crippen LogP contribution is -2.22. The van der Waals surface area contributed by atoms with Crippen molar-refractivity contribution < 1.29 is 18.5 Å². The fourth-order valence-electron chi connectivity index (χ4n) is 1.64. The molecule has 0 fully saturated rings. The van der Waals surface area contributed by atoms with Gasteiger partial charge in [-0.2, -0.15) is 4.39 Å². The van der Waals surface area contributed by atoms with Gasteiger partial charge in [0, 0.05) is 11.6 Å². The Labute approximate surface area is 113 Å². The minimum atomic E-state index is -0.979. The minimum absolute atomic E-state index is 0.0152. The average Bonchev–Trinajstić information content (AvgIpc) is 2.82. The summed E-state index contributed by atoms with van der Waals surface area (Å²) in [7, 11) is 0. The van der Waals surface area contributed by atoms with E-state index in [-0.39, 0.29) is 12.1 Å². The Hall–Kier alpha value is -2.70. The number of hydrogen-bond acceptors (Lipinski definition) is 4. The maximum atomic E-state index is 13.1. The van der Waals surface area contributed by atoms with Crippen molar-refractivity contribution in [2.45, 2.75) is 13.5 Å². The van der Waals surface area contributed by atoms with E-state index in [2.05, 4.69) is 5.32 Å². The SMILES string of the molecule is Cc1ccc(CNC(=O)c2ccc(F)c([N+](=O)[O-])c2)o1. The number of rotatable bonds is 4. The molecule has 2 aromatic rings. The molecule has 1 aromatic heterocycles. The van der Waals surface area contributed by atoms with Crippen molar-refractivity contribution in [1.29, 1.82) is 0 Å². The molecule has 0 aliphatic rings. The standard InChI is InChI=1S/C13H11FN2O4/c1-8-2-4-10(20-8)7-15-13(17)9-3-5-11(14)12(6-9)16(18)19/h2-6H,7H2,1H3,(H,15,17). The van der Waals surface area contributed by atoms with Crippen LogP contribution in [0, 0.1) is 22.9 Å². The van der Waals surface area contributed by atoms with E-state index < -0.39 is 22.3 Å². The molecular formula is C13H11FN2O4. The molecule has 1 aromatic carbocycles. The maximum absolute atomic E-state index is 13.1. The second kappa shape index (κ2) is 5.52. The molecular weight excluding hydrogens is 267 g/mol. The van der Waals surface area contributed by atoms with Crippen LogP contribution < -0.4 is 5.32 Å². The van der Waals surface area contributed by atoms with Gasteiger partial charge >= 0.3 is 5.69 Å². The summed E-state index contributed by atoms with van der Waals surface area (Å²) in [6.45, 7) is 1.92. The Bertz CT molecular complexity index is 666. The lowest BCUT2D eigenvalue weighted by Gasteiger charge is -2.03. The third-order valence-electron chi connectivity index (χ3n) is 2.62. The molecule has 20 heavy (non-hydrogen) atoms. The van der Waals surface area contributed by atoms with Crippen molar-refractivity contribution in [3.05, 3.63) is 63.3 Å². The van der Waals surface area contributed by atoms with E-state index in [0.29, 0.717) is 11.5 Å². The molecule has 6 nitrogen and oxygen atoms in total. The van der Waals surface area contributed by atoms with E-state index >= 15 is 0 Å². The number of benzene rings is 1. The van der Waals surface area contributed by atoms with Crippen LogP contribution in [-0.4, -0.2) is 10.8 Å². The number of aryl methyl sites for hydroxylation is 1. The largest absolute Gasteiger partial charge is 0.465 e. The number of hydrogen-bond donors (Lipinski definition) is 1. The second-order valence-electron chi connectivity index (χ2n) is 4.12. The number of carbonyl (C=O) groups is 1. The maximum Gasteiger partial charge on any atom is 0.305 e. The van der Waals surface area contributed by atoms with Crippen LogP contribution in [0.15, 0.2) is 34.7 Å². The average molecular weight is 278 g/mol. The molecule has 1 N–H and O–H groups in total. The molecule has 0 atom stereocenters. The molecule has 7 heteroatoms. The van der Waals surface area contributed by atoms with Gasteiger partial charge in [-0.3, -0.25) is 14.9 Å². The molecule has 0 radical (unpaired) electrons. The van der Waals surface area contributed by atoms with Gasteiger partial charge in [-0.15, -0.1) is 0 Å². The van der Waals surface area contributed by atoms with Gasteiger partial charge in [0.25, 0.3) is 5.91 Å². The highest BCUT2D eigenvalue weighted by Gasteiger charge is 2.17. The smallest absolute Gasteiger partial charge is 0.305 e. The van der Waals surface area contributed by atoms with Gasteiger partial charge in [-0.1, -0.05) is 0 Å². The van der Waals surface area contributed by atoms with E-state index in [0.717, 1.165) is 12.1 Å². The van der Waals surface area contributed by atoms with Crippen LogP contribution in [-0.2, 0) is 6.54 Å². The first-order valence-corrected chi connectivity index (χ1v) is 5.75. The summed E-state index contributed by atoms with van der Waals surface area (Å²) < 4.78 is 18.4. The van der Waals surface area contributed by atoms with Gasteiger partial charge in [0.2, 0.25) is 5.82 Å². The van der Waals surface area contributed by atoms with Crippen LogP contribution in [0.1, 0.15) is 21.9 Å². The molecule has 0 saturated carbocycles. The van der Waals surface area contributed by atoms with Crippen LogP contribution in [0.25, 0.3) is 0 Å². The molecule has 0 aliphatic carbocycles. The minimum Gasteiger partial charge on any atom is -0.465 e. The van der Waals surface area contributed by atoms with E-state index in [9.17, 15) is 19.3 Å². The summed E-state index contributed by atoms with van der Waals surface area (Å²) in [4.78, 5) is 21.5. The lowest BCUT2D eigenvalue weighted by atomic mass is 10.2. The Balaban J connectivity index is 2.09. The van der Waals surface area contributed by atoms with Gasteiger partial charge in [-0.05, 0) is 31.2 Å². The Morgan fingerprint density at radius 3 is 2.75 bits per heavy atom.